The van der Waals surface area contributed by atoms with Crippen LogP contribution in [0, 0.1) is 0 Å². The number of para-hydroxylation sites is 2. The van der Waals surface area contributed by atoms with Crippen molar-refractivity contribution in [2.24, 2.45) is 0 Å². The van der Waals surface area contributed by atoms with Crippen molar-refractivity contribution in [2.75, 3.05) is 0 Å². The first-order valence-electron chi connectivity index (χ1n) is 12.9. The highest BCUT2D eigenvalue weighted by molar-refractivity contribution is 7.45. The second-order valence-corrected chi connectivity index (χ2v) is 10.7. The Kier molecular flexibility index (Phi) is 5.04. The minimum Gasteiger partial charge on any atom is -0.353 e. The van der Waals surface area contributed by atoms with Crippen molar-refractivity contribution < 1.29 is 0 Å². The van der Waals surface area contributed by atoms with E-state index in [1.165, 1.54) is 32.6 Å². The zero-order valence-electron chi connectivity index (χ0n) is 20.8. The highest BCUT2D eigenvalue weighted by Gasteiger charge is 2.18. The Labute approximate surface area is 226 Å². The maximum absolute atomic E-state index is 5.00. The molecule has 1 unspecified atom stereocenters. The molecular weight excluding hydrogens is 497 g/mol. The zero-order valence-corrected chi connectivity index (χ0v) is 21.8. The van der Waals surface area contributed by atoms with Crippen LogP contribution in [0.15, 0.2) is 121 Å². The summed E-state index contributed by atoms with van der Waals surface area (Å²) in [6.07, 6.45) is 0. The lowest BCUT2D eigenvalue weighted by Crippen LogP contribution is -2.14. The largest absolute Gasteiger partial charge is 0.353 e. The summed E-state index contributed by atoms with van der Waals surface area (Å²) in [5, 5.41) is 4.89. The van der Waals surface area contributed by atoms with E-state index >= 15 is 0 Å². The van der Waals surface area contributed by atoms with Gasteiger partial charge in [-0.3, -0.25) is 0 Å². The third-order valence-corrected chi connectivity index (χ3v) is 8.34. The van der Waals surface area contributed by atoms with E-state index in [0.29, 0.717) is 11.6 Å². The van der Waals surface area contributed by atoms with E-state index in [1.54, 1.807) is 0 Å². The Hall–Kier alpha value is -4.86. The molecule has 8 aromatic rings. The van der Waals surface area contributed by atoms with Gasteiger partial charge < -0.3 is 9.32 Å². The molecule has 5 aromatic carbocycles. The number of aromatic amines is 1. The van der Waals surface area contributed by atoms with Gasteiger partial charge in [0.25, 0.3) is 0 Å². The summed E-state index contributed by atoms with van der Waals surface area (Å²) in [6.45, 7) is 0. The smallest absolute Gasteiger partial charge is 0.173 e. The molecule has 184 valence electrons. The molecule has 0 saturated heterocycles. The Morgan fingerprint density at radius 2 is 1.10 bits per heavy atom. The fraction of sp³-hybridized carbons (Fsp3) is 0. The highest BCUT2D eigenvalue weighted by atomic mass is 31.1. The van der Waals surface area contributed by atoms with Crippen molar-refractivity contribution in [1.82, 2.24) is 24.3 Å². The molecule has 0 bridgehead atoms. The minimum atomic E-state index is 0.176. The predicted molar refractivity (Wildman–Crippen MR) is 163 cm³/mol. The Morgan fingerprint density at radius 3 is 1.82 bits per heavy atom. The number of aromatic nitrogens is 5. The van der Waals surface area contributed by atoms with Gasteiger partial charge in [0.15, 0.2) is 17.2 Å². The SMILES string of the molecule is c1ccc(-c2nc(Pn3c4ccccc4c4ccc5c6ccccc6[nH]c5c43)nc(-c3ccccc3)n2)cc1. The van der Waals surface area contributed by atoms with Crippen molar-refractivity contribution >= 4 is 57.9 Å². The van der Waals surface area contributed by atoms with Gasteiger partial charge in [-0.15, -0.1) is 0 Å². The van der Waals surface area contributed by atoms with Crippen LogP contribution in [0.2, 0.25) is 0 Å². The summed E-state index contributed by atoms with van der Waals surface area (Å²) in [7, 11) is 0.176. The van der Waals surface area contributed by atoms with Gasteiger partial charge in [-0.1, -0.05) is 109 Å². The van der Waals surface area contributed by atoms with E-state index in [2.05, 4.69) is 70.0 Å². The number of nitrogens with one attached hydrogen (secondary N) is 1. The molecule has 0 saturated carbocycles. The van der Waals surface area contributed by atoms with Crippen LogP contribution in [0.5, 0.6) is 0 Å². The van der Waals surface area contributed by atoms with Crippen LogP contribution in [-0.4, -0.2) is 24.3 Å². The number of H-pyrrole nitrogens is 1. The fourth-order valence-electron chi connectivity index (χ4n) is 5.44. The fourth-order valence-corrected chi connectivity index (χ4v) is 6.62. The number of hydrogen-bond donors (Lipinski definition) is 1. The van der Waals surface area contributed by atoms with Gasteiger partial charge >= 0.3 is 0 Å². The maximum Gasteiger partial charge on any atom is 0.173 e. The number of benzene rings is 5. The maximum atomic E-state index is 5.00. The first-order chi connectivity index (χ1) is 19.3. The van der Waals surface area contributed by atoms with Crippen LogP contribution < -0.4 is 5.57 Å². The monoisotopic (exact) mass is 519 g/mol. The normalized spacial score (nSPS) is 12.0. The second-order valence-electron chi connectivity index (χ2n) is 9.56. The first kappa shape index (κ1) is 22.2. The molecule has 6 heteroatoms. The van der Waals surface area contributed by atoms with Crippen molar-refractivity contribution in [3.05, 3.63) is 121 Å². The molecule has 0 spiro atoms. The van der Waals surface area contributed by atoms with Crippen molar-refractivity contribution in [2.45, 2.75) is 0 Å². The average molecular weight is 520 g/mol. The molecule has 1 N–H and O–H groups in total. The Morgan fingerprint density at radius 1 is 0.513 bits per heavy atom. The number of nitrogens with zero attached hydrogens (tertiary/aromatic N) is 4. The van der Waals surface area contributed by atoms with Gasteiger partial charge in [0.1, 0.15) is 0 Å². The summed E-state index contributed by atoms with van der Waals surface area (Å²) in [4.78, 5) is 18.6. The van der Waals surface area contributed by atoms with Crippen LogP contribution in [0.4, 0.5) is 0 Å². The van der Waals surface area contributed by atoms with E-state index in [-0.39, 0.29) is 8.73 Å². The van der Waals surface area contributed by atoms with Gasteiger partial charge in [0.05, 0.1) is 25.3 Å². The first-order valence-corrected chi connectivity index (χ1v) is 13.8. The molecule has 0 aliphatic rings. The van der Waals surface area contributed by atoms with Gasteiger partial charge in [0, 0.05) is 38.2 Å². The van der Waals surface area contributed by atoms with Crippen LogP contribution in [0.25, 0.3) is 66.4 Å². The predicted octanol–water partition coefficient (Wildman–Crippen LogP) is 7.72. The molecular formula is C33H22N5P. The lowest BCUT2D eigenvalue weighted by Gasteiger charge is -2.11. The summed E-state index contributed by atoms with van der Waals surface area (Å²) < 4.78 is 2.38. The molecule has 0 fully saturated rings. The van der Waals surface area contributed by atoms with Crippen LogP contribution in [0.1, 0.15) is 0 Å². The summed E-state index contributed by atoms with van der Waals surface area (Å²) in [5.74, 6) is 1.37. The van der Waals surface area contributed by atoms with E-state index in [4.69, 9.17) is 15.0 Å². The third kappa shape index (κ3) is 3.63. The van der Waals surface area contributed by atoms with E-state index in [0.717, 1.165) is 27.7 Å². The molecule has 3 heterocycles. The van der Waals surface area contributed by atoms with Gasteiger partial charge in [-0.25, -0.2) is 15.0 Å². The van der Waals surface area contributed by atoms with Gasteiger partial charge in [-0.05, 0) is 12.1 Å². The quantitative estimate of drug-likeness (QED) is 0.242. The molecule has 0 amide bonds. The molecule has 39 heavy (non-hydrogen) atoms. The molecule has 0 radical (unpaired) electrons. The third-order valence-electron chi connectivity index (χ3n) is 7.22. The lowest BCUT2D eigenvalue weighted by atomic mass is 10.1. The number of rotatable bonds is 4. The van der Waals surface area contributed by atoms with Gasteiger partial charge in [0.2, 0.25) is 0 Å². The van der Waals surface area contributed by atoms with Crippen LogP contribution >= 0.6 is 8.73 Å². The van der Waals surface area contributed by atoms with Crippen LogP contribution in [-0.2, 0) is 0 Å². The van der Waals surface area contributed by atoms with E-state index < -0.39 is 0 Å². The molecule has 3 aromatic heterocycles. The Bertz CT molecular complexity index is 2090. The molecule has 0 aliphatic carbocycles. The van der Waals surface area contributed by atoms with Crippen molar-refractivity contribution in [3.8, 4) is 22.8 Å². The highest BCUT2D eigenvalue weighted by Crippen LogP contribution is 2.40. The summed E-state index contributed by atoms with van der Waals surface area (Å²) in [6, 6.07) is 41.8. The number of hydrogen-bond acceptors (Lipinski definition) is 3. The minimum absolute atomic E-state index is 0.176. The average Bonchev–Trinajstić information content (AvgIpc) is 3.54. The second kappa shape index (κ2) is 8.87. The zero-order chi connectivity index (χ0) is 25.8. The van der Waals surface area contributed by atoms with Gasteiger partial charge in [-0.2, -0.15) is 0 Å². The molecule has 5 nitrogen and oxygen atoms in total. The summed E-state index contributed by atoms with van der Waals surface area (Å²) >= 11 is 0. The van der Waals surface area contributed by atoms with Crippen molar-refractivity contribution in [1.29, 1.82) is 0 Å². The van der Waals surface area contributed by atoms with Crippen LogP contribution in [0.3, 0.4) is 0 Å². The topological polar surface area (TPSA) is 59.4 Å². The lowest BCUT2D eigenvalue weighted by molar-refractivity contribution is 1.11. The van der Waals surface area contributed by atoms with E-state index in [1.807, 2.05) is 60.7 Å². The molecule has 0 aliphatic heterocycles. The number of fused-ring (bicyclic) bond motifs is 7. The molecule has 1 atom stereocenters. The Balaban J connectivity index is 1.40. The van der Waals surface area contributed by atoms with Crippen molar-refractivity contribution in [3.63, 3.8) is 0 Å². The standard InChI is InChI=1S/C33H22N5P/c1-3-11-21(12-4-1)31-35-32(22-13-5-2-6-14-22)37-33(36-31)39-38-28-18-10-8-16-24(28)26-20-19-25-23-15-7-9-17-27(23)34-29(25)30(26)38/h1-20,34,39H. The molecule has 8 rings (SSSR count). The van der Waals surface area contributed by atoms with E-state index in [9.17, 15) is 0 Å². The summed E-state index contributed by atoms with van der Waals surface area (Å²) in [5.41, 5.74) is 7.31.